The average molecular weight is 253 g/mol. The topological polar surface area (TPSA) is 22.1 Å². The molecule has 0 saturated carbocycles. The molecule has 1 aromatic heterocycles. The third-order valence-electron chi connectivity index (χ3n) is 2.25. The number of nitrogens with zero attached hydrogens (tertiary/aromatic N) is 1. The molecular formula is C16H31NO. The molecule has 2 heteroatoms. The predicted molar refractivity (Wildman–Crippen MR) is 81.3 cm³/mol. The SMILES string of the molecule is CC.CCCCC.CCCc1ccc(OC)nc1. The van der Waals surface area contributed by atoms with E-state index in [0.29, 0.717) is 5.88 Å². The van der Waals surface area contributed by atoms with Gasteiger partial charge >= 0.3 is 0 Å². The van der Waals surface area contributed by atoms with Crippen LogP contribution in [-0.2, 0) is 6.42 Å². The molecule has 0 fully saturated rings. The number of ether oxygens (including phenoxy) is 1. The second-order valence-corrected chi connectivity index (χ2v) is 3.81. The van der Waals surface area contributed by atoms with E-state index in [9.17, 15) is 0 Å². The highest BCUT2D eigenvalue weighted by Crippen LogP contribution is 2.07. The summed E-state index contributed by atoms with van der Waals surface area (Å²) in [7, 11) is 1.63. The Balaban J connectivity index is 0. The van der Waals surface area contributed by atoms with Gasteiger partial charge in [0, 0.05) is 12.3 Å². The summed E-state index contributed by atoms with van der Waals surface area (Å²) in [5.41, 5.74) is 1.27. The van der Waals surface area contributed by atoms with E-state index in [1.54, 1.807) is 7.11 Å². The Morgan fingerprint density at radius 3 is 1.89 bits per heavy atom. The largest absolute Gasteiger partial charge is 0.481 e. The van der Waals surface area contributed by atoms with Gasteiger partial charge in [-0.25, -0.2) is 4.98 Å². The average Bonchev–Trinajstić information content (AvgIpc) is 2.44. The first-order valence-electron chi connectivity index (χ1n) is 7.27. The Bertz CT molecular complexity index is 242. The van der Waals surface area contributed by atoms with Crippen LogP contribution in [0.5, 0.6) is 5.88 Å². The van der Waals surface area contributed by atoms with Gasteiger partial charge in [0.1, 0.15) is 0 Å². The number of aromatic nitrogens is 1. The van der Waals surface area contributed by atoms with Gasteiger partial charge in [0.15, 0.2) is 0 Å². The molecule has 2 nitrogen and oxygen atoms in total. The quantitative estimate of drug-likeness (QED) is 0.713. The predicted octanol–water partition coefficient (Wildman–Crippen LogP) is 5.27. The van der Waals surface area contributed by atoms with E-state index < -0.39 is 0 Å². The van der Waals surface area contributed by atoms with Gasteiger partial charge in [-0.1, -0.05) is 66.4 Å². The van der Waals surface area contributed by atoms with E-state index in [4.69, 9.17) is 4.74 Å². The lowest BCUT2D eigenvalue weighted by molar-refractivity contribution is 0.397. The van der Waals surface area contributed by atoms with E-state index in [-0.39, 0.29) is 0 Å². The summed E-state index contributed by atoms with van der Waals surface area (Å²) in [5.74, 6) is 0.685. The Morgan fingerprint density at radius 2 is 1.61 bits per heavy atom. The maximum atomic E-state index is 4.94. The number of hydrogen-bond acceptors (Lipinski definition) is 2. The van der Waals surface area contributed by atoms with Crippen LogP contribution < -0.4 is 4.74 Å². The van der Waals surface area contributed by atoms with Crippen molar-refractivity contribution >= 4 is 0 Å². The molecule has 0 spiro atoms. The van der Waals surface area contributed by atoms with E-state index >= 15 is 0 Å². The van der Waals surface area contributed by atoms with Gasteiger partial charge < -0.3 is 4.74 Å². The van der Waals surface area contributed by atoms with E-state index in [2.05, 4.69) is 31.8 Å². The fourth-order valence-electron chi connectivity index (χ4n) is 1.32. The molecule has 0 amide bonds. The van der Waals surface area contributed by atoms with Gasteiger partial charge in [0.2, 0.25) is 5.88 Å². The molecule has 0 aliphatic carbocycles. The number of unbranched alkanes of at least 4 members (excludes halogenated alkanes) is 2. The summed E-state index contributed by atoms with van der Waals surface area (Å²) in [6.45, 7) is 10.6. The fraction of sp³-hybridized carbons (Fsp3) is 0.688. The summed E-state index contributed by atoms with van der Waals surface area (Å²) in [6.07, 6.45) is 8.19. The minimum Gasteiger partial charge on any atom is -0.481 e. The molecule has 0 aromatic carbocycles. The normalized spacial score (nSPS) is 8.56. The van der Waals surface area contributed by atoms with E-state index in [1.165, 1.54) is 24.8 Å². The minimum atomic E-state index is 0.685. The molecule has 1 rings (SSSR count). The maximum absolute atomic E-state index is 4.94. The van der Waals surface area contributed by atoms with E-state index in [1.807, 2.05) is 26.1 Å². The highest BCUT2D eigenvalue weighted by atomic mass is 16.5. The molecule has 0 unspecified atom stereocenters. The highest BCUT2D eigenvalue weighted by Gasteiger charge is 1.92. The first kappa shape index (κ1) is 19.3. The monoisotopic (exact) mass is 253 g/mol. The lowest BCUT2D eigenvalue weighted by Crippen LogP contribution is -1.89. The highest BCUT2D eigenvalue weighted by molar-refractivity contribution is 5.17. The maximum Gasteiger partial charge on any atom is 0.212 e. The fourth-order valence-corrected chi connectivity index (χ4v) is 1.32. The summed E-state index contributed by atoms with van der Waals surface area (Å²) >= 11 is 0. The zero-order valence-corrected chi connectivity index (χ0v) is 13.1. The Labute approximate surface area is 114 Å². The number of rotatable bonds is 5. The number of hydrogen-bond donors (Lipinski definition) is 0. The van der Waals surface area contributed by atoms with Gasteiger partial charge in [-0.15, -0.1) is 0 Å². The van der Waals surface area contributed by atoms with Crippen LogP contribution in [0.3, 0.4) is 0 Å². The second-order valence-electron chi connectivity index (χ2n) is 3.81. The zero-order valence-electron chi connectivity index (χ0n) is 13.1. The van der Waals surface area contributed by atoms with E-state index in [0.717, 1.165) is 12.8 Å². The molecule has 0 aliphatic heterocycles. The van der Waals surface area contributed by atoms with Gasteiger partial charge in [0.25, 0.3) is 0 Å². The number of pyridine rings is 1. The molecule has 0 saturated heterocycles. The number of methoxy groups -OCH3 is 1. The van der Waals surface area contributed by atoms with Crippen molar-refractivity contribution < 1.29 is 4.74 Å². The Hall–Kier alpha value is -1.05. The summed E-state index contributed by atoms with van der Waals surface area (Å²) < 4.78 is 4.94. The van der Waals surface area contributed by atoms with Gasteiger partial charge in [0.05, 0.1) is 7.11 Å². The molecule has 0 bridgehead atoms. The molecule has 18 heavy (non-hydrogen) atoms. The molecule has 1 heterocycles. The van der Waals surface area contributed by atoms with Crippen LogP contribution >= 0.6 is 0 Å². The molecule has 106 valence electrons. The van der Waals surface area contributed by atoms with Crippen molar-refractivity contribution in [2.75, 3.05) is 7.11 Å². The van der Waals surface area contributed by atoms with Crippen molar-refractivity contribution in [3.8, 4) is 5.88 Å². The van der Waals surface area contributed by atoms with Crippen LogP contribution in [0, 0.1) is 0 Å². The first-order valence-corrected chi connectivity index (χ1v) is 7.27. The standard InChI is InChI=1S/C9H13NO.C5H12.C2H6/c1-3-4-8-5-6-9(11-2)10-7-8;1-3-5-4-2;1-2/h5-7H,3-4H2,1-2H3;3-5H2,1-2H3;1-2H3. The van der Waals surface area contributed by atoms with Crippen LogP contribution in [0.15, 0.2) is 18.3 Å². The minimum absolute atomic E-state index is 0.685. The van der Waals surface area contributed by atoms with Crippen molar-refractivity contribution in [2.24, 2.45) is 0 Å². The Kier molecular flexibility index (Phi) is 17.1. The lowest BCUT2D eigenvalue weighted by atomic mass is 10.2. The van der Waals surface area contributed by atoms with Crippen LogP contribution in [0.1, 0.15) is 65.9 Å². The molecule has 0 radical (unpaired) electrons. The third-order valence-corrected chi connectivity index (χ3v) is 2.25. The zero-order chi connectivity index (χ0) is 14.2. The molecule has 1 aromatic rings. The van der Waals surface area contributed by atoms with Gasteiger partial charge in [-0.2, -0.15) is 0 Å². The van der Waals surface area contributed by atoms with Crippen LogP contribution in [-0.4, -0.2) is 12.1 Å². The Morgan fingerprint density at radius 1 is 1.00 bits per heavy atom. The second kappa shape index (κ2) is 16.0. The van der Waals surface area contributed by atoms with Crippen LogP contribution in [0.4, 0.5) is 0 Å². The molecule has 0 N–H and O–H groups in total. The van der Waals surface area contributed by atoms with Crippen molar-refractivity contribution in [1.29, 1.82) is 0 Å². The summed E-state index contributed by atoms with van der Waals surface area (Å²) in [5, 5.41) is 0. The molecular weight excluding hydrogens is 222 g/mol. The van der Waals surface area contributed by atoms with Gasteiger partial charge in [-0.05, 0) is 12.0 Å². The van der Waals surface area contributed by atoms with Crippen molar-refractivity contribution in [2.45, 2.75) is 66.7 Å². The summed E-state index contributed by atoms with van der Waals surface area (Å²) in [4.78, 5) is 4.09. The van der Waals surface area contributed by atoms with Crippen molar-refractivity contribution in [3.63, 3.8) is 0 Å². The van der Waals surface area contributed by atoms with Crippen LogP contribution in [0.2, 0.25) is 0 Å². The summed E-state index contributed by atoms with van der Waals surface area (Å²) in [6, 6.07) is 3.94. The van der Waals surface area contributed by atoms with Crippen molar-refractivity contribution in [3.05, 3.63) is 23.9 Å². The molecule has 0 atom stereocenters. The molecule has 0 aliphatic rings. The first-order chi connectivity index (χ1) is 8.78. The smallest absolute Gasteiger partial charge is 0.212 e. The van der Waals surface area contributed by atoms with Crippen LogP contribution in [0.25, 0.3) is 0 Å². The lowest BCUT2D eigenvalue weighted by Gasteiger charge is -1.99. The van der Waals surface area contributed by atoms with Gasteiger partial charge in [-0.3, -0.25) is 0 Å². The van der Waals surface area contributed by atoms with Crippen molar-refractivity contribution in [1.82, 2.24) is 4.98 Å². The third kappa shape index (κ3) is 11.4. The number of aryl methyl sites for hydroxylation is 1.